The lowest BCUT2D eigenvalue weighted by Crippen LogP contribution is -2.48. The van der Waals surface area contributed by atoms with Gasteiger partial charge in [-0.1, -0.05) is 36.4 Å². The van der Waals surface area contributed by atoms with Gasteiger partial charge < -0.3 is 15.2 Å². The fourth-order valence-corrected chi connectivity index (χ4v) is 4.83. The van der Waals surface area contributed by atoms with Crippen LogP contribution in [-0.2, 0) is 17.8 Å². The third-order valence-corrected chi connectivity index (χ3v) is 6.84. The summed E-state index contributed by atoms with van der Waals surface area (Å²) in [5.74, 6) is 1.43. The lowest BCUT2D eigenvalue weighted by atomic mass is 9.73. The molecule has 6 nitrogen and oxygen atoms in total. The predicted octanol–water partition coefficient (Wildman–Crippen LogP) is 3.83. The molecule has 1 fully saturated rings. The van der Waals surface area contributed by atoms with Crippen LogP contribution in [-0.4, -0.2) is 42.1 Å². The van der Waals surface area contributed by atoms with Crippen LogP contribution in [0.2, 0.25) is 0 Å². The summed E-state index contributed by atoms with van der Waals surface area (Å²) in [4.78, 5) is 19.1. The van der Waals surface area contributed by atoms with Gasteiger partial charge in [0, 0.05) is 18.9 Å². The number of fused-ring (bicyclic) bond motifs is 1. The second-order valence-electron chi connectivity index (χ2n) is 9.01. The van der Waals surface area contributed by atoms with Crippen LogP contribution in [0.1, 0.15) is 24.0 Å². The first kappa shape index (κ1) is 21.5. The molecular weight excluding hydrogens is 414 g/mol. The third kappa shape index (κ3) is 4.71. The molecule has 1 amide bonds. The van der Waals surface area contributed by atoms with Gasteiger partial charge in [0.25, 0.3) is 0 Å². The topological polar surface area (TPSA) is 77.7 Å². The van der Waals surface area contributed by atoms with Crippen molar-refractivity contribution in [3.05, 3.63) is 78.1 Å². The second-order valence-corrected chi connectivity index (χ2v) is 9.01. The highest BCUT2D eigenvalue weighted by Gasteiger charge is 2.40. The van der Waals surface area contributed by atoms with Crippen molar-refractivity contribution in [3.63, 3.8) is 0 Å². The van der Waals surface area contributed by atoms with Gasteiger partial charge in [0.1, 0.15) is 13.2 Å². The predicted molar refractivity (Wildman–Crippen MR) is 127 cm³/mol. The van der Waals surface area contributed by atoms with Crippen LogP contribution in [0.3, 0.4) is 0 Å². The summed E-state index contributed by atoms with van der Waals surface area (Å²) < 4.78 is 11.3. The SMILES string of the molecule is NC(=O)C1(Cc2ccc(-c3cccnc3)cc2)CCN(Cc2ccc3c(c2)OCCO3)CC1. The molecular formula is C27H29N3O3. The first-order valence-corrected chi connectivity index (χ1v) is 11.5. The maximum absolute atomic E-state index is 12.6. The number of primary amides is 1. The van der Waals surface area contributed by atoms with E-state index in [1.165, 1.54) is 5.56 Å². The van der Waals surface area contributed by atoms with Crippen molar-refractivity contribution >= 4 is 5.91 Å². The van der Waals surface area contributed by atoms with Crippen molar-refractivity contribution < 1.29 is 14.3 Å². The lowest BCUT2D eigenvalue weighted by molar-refractivity contribution is -0.130. The zero-order chi connectivity index (χ0) is 22.7. The fraction of sp³-hybridized carbons (Fsp3) is 0.333. The second kappa shape index (κ2) is 9.24. The maximum Gasteiger partial charge on any atom is 0.224 e. The molecule has 2 aromatic carbocycles. The molecule has 2 aliphatic heterocycles. The summed E-state index contributed by atoms with van der Waals surface area (Å²) in [6, 6.07) is 18.5. The van der Waals surface area contributed by atoms with E-state index < -0.39 is 5.41 Å². The normalized spacial score (nSPS) is 17.5. The Labute approximate surface area is 194 Å². The Morgan fingerprint density at radius 2 is 1.67 bits per heavy atom. The van der Waals surface area contributed by atoms with Gasteiger partial charge in [-0.15, -0.1) is 0 Å². The van der Waals surface area contributed by atoms with E-state index in [4.69, 9.17) is 15.2 Å². The number of nitrogens with zero attached hydrogens (tertiary/aromatic N) is 2. The molecule has 0 bridgehead atoms. The van der Waals surface area contributed by atoms with Crippen molar-refractivity contribution in [2.45, 2.75) is 25.8 Å². The minimum absolute atomic E-state index is 0.196. The average molecular weight is 444 g/mol. The molecule has 0 atom stereocenters. The fourth-order valence-electron chi connectivity index (χ4n) is 4.83. The van der Waals surface area contributed by atoms with Gasteiger partial charge in [0.05, 0.1) is 5.41 Å². The number of likely N-dealkylation sites (tertiary alicyclic amines) is 1. The number of pyridine rings is 1. The summed E-state index contributed by atoms with van der Waals surface area (Å²) in [6.07, 6.45) is 5.83. The molecule has 1 saturated heterocycles. The number of hydrogen-bond acceptors (Lipinski definition) is 5. The van der Waals surface area contributed by atoms with Crippen LogP contribution < -0.4 is 15.2 Å². The monoisotopic (exact) mass is 443 g/mol. The van der Waals surface area contributed by atoms with Crippen molar-refractivity contribution in [2.75, 3.05) is 26.3 Å². The van der Waals surface area contributed by atoms with Crippen molar-refractivity contribution in [3.8, 4) is 22.6 Å². The first-order chi connectivity index (χ1) is 16.1. The number of hydrogen-bond donors (Lipinski definition) is 1. The number of aromatic nitrogens is 1. The lowest BCUT2D eigenvalue weighted by Gasteiger charge is -2.40. The molecule has 2 aliphatic rings. The number of carbonyl (C=O) groups excluding carboxylic acids is 1. The van der Waals surface area contributed by atoms with Crippen molar-refractivity contribution in [1.29, 1.82) is 0 Å². The highest BCUT2D eigenvalue weighted by Crippen LogP contribution is 2.37. The van der Waals surface area contributed by atoms with Crippen LogP contribution in [0, 0.1) is 5.41 Å². The summed E-state index contributed by atoms with van der Waals surface area (Å²) in [7, 11) is 0. The molecule has 3 aromatic rings. The molecule has 0 saturated carbocycles. The highest BCUT2D eigenvalue weighted by molar-refractivity contribution is 5.81. The van der Waals surface area contributed by atoms with Gasteiger partial charge >= 0.3 is 0 Å². The Kier molecular flexibility index (Phi) is 6.01. The first-order valence-electron chi connectivity index (χ1n) is 11.5. The van der Waals surface area contributed by atoms with Crippen molar-refractivity contribution in [1.82, 2.24) is 9.88 Å². The molecule has 0 unspecified atom stereocenters. The molecule has 0 radical (unpaired) electrons. The Morgan fingerprint density at radius 1 is 0.939 bits per heavy atom. The smallest absolute Gasteiger partial charge is 0.224 e. The third-order valence-electron chi connectivity index (χ3n) is 6.84. The highest BCUT2D eigenvalue weighted by atomic mass is 16.6. The van der Waals surface area contributed by atoms with E-state index in [1.54, 1.807) is 6.20 Å². The number of carbonyl (C=O) groups is 1. The Bertz CT molecular complexity index is 1110. The van der Waals surface area contributed by atoms with E-state index in [-0.39, 0.29) is 5.91 Å². The Morgan fingerprint density at radius 3 is 2.36 bits per heavy atom. The molecule has 1 aromatic heterocycles. The summed E-state index contributed by atoms with van der Waals surface area (Å²) in [5, 5.41) is 0. The Hall–Kier alpha value is -3.38. The quantitative estimate of drug-likeness (QED) is 0.627. The standard InChI is InChI=1S/C27H29N3O3/c28-26(31)27(17-20-3-6-22(7-4-20)23-2-1-11-29-18-23)9-12-30(13-10-27)19-21-5-8-24-25(16-21)33-15-14-32-24/h1-8,11,16,18H,9-10,12-15,17,19H2,(H2,28,31). The molecule has 0 spiro atoms. The van der Waals surface area contributed by atoms with Crippen LogP contribution in [0.5, 0.6) is 11.5 Å². The minimum Gasteiger partial charge on any atom is -0.486 e. The molecule has 6 heteroatoms. The van der Waals surface area contributed by atoms with Crippen LogP contribution >= 0.6 is 0 Å². The number of nitrogens with two attached hydrogens (primary N) is 1. The zero-order valence-corrected chi connectivity index (χ0v) is 18.7. The van der Waals surface area contributed by atoms with Gasteiger partial charge in [0.2, 0.25) is 5.91 Å². The molecule has 5 rings (SSSR count). The van der Waals surface area contributed by atoms with E-state index in [0.717, 1.165) is 60.7 Å². The summed E-state index contributed by atoms with van der Waals surface area (Å²) in [6.45, 7) is 3.69. The zero-order valence-electron chi connectivity index (χ0n) is 18.7. The number of piperidine rings is 1. The van der Waals surface area contributed by atoms with Gasteiger partial charge in [-0.2, -0.15) is 0 Å². The van der Waals surface area contributed by atoms with Crippen LogP contribution in [0.15, 0.2) is 67.0 Å². The average Bonchev–Trinajstić information content (AvgIpc) is 2.86. The summed E-state index contributed by atoms with van der Waals surface area (Å²) >= 11 is 0. The van der Waals surface area contributed by atoms with E-state index in [1.807, 2.05) is 24.4 Å². The van der Waals surface area contributed by atoms with Gasteiger partial charge in [-0.25, -0.2) is 0 Å². The van der Waals surface area contributed by atoms with Gasteiger partial charge in [0.15, 0.2) is 11.5 Å². The maximum atomic E-state index is 12.6. The minimum atomic E-state index is -0.501. The van der Waals surface area contributed by atoms with E-state index in [2.05, 4.69) is 46.3 Å². The molecule has 0 aliphatic carbocycles. The molecule has 3 heterocycles. The number of ether oxygens (including phenoxy) is 2. The molecule has 170 valence electrons. The number of amides is 1. The molecule has 33 heavy (non-hydrogen) atoms. The van der Waals surface area contributed by atoms with Gasteiger partial charge in [-0.3, -0.25) is 14.7 Å². The van der Waals surface area contributed by atoms with E-state index in [0.29, 0.717) is 19.6 Å². The number of rotatable bonds is 6. The van der Waals surface area contributed by atoms with Gasteiger partial charge in [-0.05, 0) is 72.8 Å². The van der Waals surface area contributed by atoms with E-state index >= 15 is 0 Å². The van der Waals surface area contributed by atoms with Crippen LogP contribution in [0.4, 0.5) is 0 Å². The van der Waals surface area contributed by atoms with Crippen molar-refractivity contribution in [2.24, 2.45) is 11.1 Å². The molecule has 2 N–H and O–H groups in total. The largest absolute Gasteiger partial charge is 0.486 e. The summed E-state index contributed by atoms with van der Waals surface area (Å²) in [5.41, 5.74) is 9.98. The van der Waals surface area contributed by atoms with E-state index in [9.17, 15) is 4.79 Å². The Balaban J connectivity index is 1.23. The van der Waals surface area contributed by atoms with Crippen LogP contribution in [0.25, 0.3) is 11.1 Å². The number of benzene rings is 2.